The highest BCUT2D eigenvalue weighted by molar-refractivity contribution is 7.77. The van der Waals surface area contributed by atoms with Crippen molar-refractivity contribution in [1.82, 2.24) is 4.31 Å². The summed E-state index contributed by atoms with van der Waals surface area (Å²) < 4.78 is 1.64. The van der Waals surface area contributed by atoms with E-state index in [1.165, 1.54) is 0 Å². The van der Waals surface area contributed by atoms with E-state index in [4.69, 9.17) is 0 Å². The Balaban J connectivity index is 2.77. The largest absolute Gasteiger partial charge is 0.294 e. The van der Waals surface area contributed by atoms with Gasteiger partial charge in [0, 0.05) is 6.20 Å². The molecular formula is C5H5NS. The van der Waals surface area contributed by atoms with Gasteiger partial charge in [0.05, 0.1) is 6.20 Å². The summed E-state index contributed by atoms with van der Waals surface area (Å²) in [6.07, 6.45) is 7.27. The third-order valence-corrected chi connectivity index (χ3v) is 0.887. The van der Waals surface area contributed by atoms with Crippen molar-refractivity contribution < 1.29 is 0 Å². The molecule has 36 valence electrons. The lowest BCUT2D eigenvalue weighted by Gasteiger charge is -2.02. The molecule has 0 bridgehead atoms. The first-order chi connectivity index (χ1) is 3.39. The van der Waals surface area contributed by atoms with Crippen LogP contribution in [0.15, 0.2) is 30.3 Å². The van der Waals surface area contributed by atoms with Crippen LogP contribution in [0.1, 0.15) is 0 Å². The molecule has 7 heavy (non-hydrogen) atoms. The Labute approximate surface area is 48.2 Å². The lowest BCUT2D eigenvalue weighted by molar-refractivity contribution is 0.862. The Kier molecular flexibility index (Phi) is 1.25. The van der Waals surface area contributed by atoms with Crippen molar-refractivity contribution >= 4 is 12.8 Å². The normalized spacial score (nSPS) is 15.9. The quantitative estimate of drug-likeness (QED) is 0.364. The van der Waals surface area contributed by atoms with Gasteiger partial charge in [-0.05, 0) is 12.2 Å². The van der Waals surface area contributed by atoms with E-state index in [2.05, 4.69) is 18.5 Å². The second kappa shape index (κ2) is 1.92. The first-order valence-electron chi connectivity index (χ1n) is 1.96. The van der Waals surface area contributed by atoms with E-state index in [1.54, 1.807) is 10.5 Å². The molecule has 2 heteroatoms. The third kappa shape index (κ3) is 1.15. The maximum Gasteiger partial charge on any atom is 0.0572 e. The smallest absolute Gasteiger partial charge is 0.0572 e. The zero-order chi connectivity index (χ0) is 5.11. The molecule has 1 aliphatic rings. The summed E-state index contributed by atoms with van der Waals surface area (Å²) in [5.74, 6) is 0. The van der Waals surface area contributed by atoms with Crippen LogP contribution in [0.4, 0.5) is 0 Å². The van der Waals surface area contributed by atoms with Crippen molar-refractivity contribution in [3.63, 3.8) is 0 Å². The molecule has 1 rings (SSSR count). The second-order valence-electron chi connectivity index (χ2n) is 1.18. The number of thiol groups is 1. The Morgan fingerprint density at radius 1 is 1.57 bits per heavy atom. The predicted molar refractivity (Wildman–Crippen MR) is 32.6 cm³/mol. The summed E-state index contributed by atoms with van der Waals surface area (Å²) in [6.45, 7) is 0. The van der Waals surface area contributed by atoms with Crippen molar-refractivity contribution in [2.24, 2.45) is 0 Å². The van der Waals surface area contributed by atoms with E-state index < -0.39 is 0 Å². The summed E-state index contributed by atoms with van der Waals surface area (Å²) in [7, 11) is 0. The molecule has 0 fully saturated rings. The zero-order valence-corrected chi connectivity index (χ0v) is 4.60. The van der Waals surface area contributed by atoms with E-state index in [9.17, 15) is 0 Å². The molecule has 0 saturated heterocycles. The van der Waals surface area contributed by atoms with Gasteiger partial charge >= 0.3 is 0 Å². The van der Waals surface area contributed by atoms with Gasteiger partial charge in [-0.1, -0.05) is 12.8 Å². The van der Waals surface area contributed by atoms with E-state index in [1.807, 2.05) is 18.4 Å². The van der Waals surface area contributed by atoms with Crippen molar-refractivity contribution in [3.05, 3.63) is 30.3 Å². The highest BCUT2D eigenvalue weighted by Gasteiger charge is 1.80. The van der Waals surface area contributed by atoms with Gasteiger partial charge in [0.2, 0.25) is 0 Å². The SMILES string of the molecule is SN1C=C=CC=C1. The molecule has 0 atom stereocenters. The van der Waals surface area contributed by atoms with Gasteiger partial charge in [0.15, 0.2) is 0 Å². The fraction of sp³-hybridized carbons (Fsp3) is 0. The van der Waals surface area contributed by atoms with Crippen LogP contribution in [0.25, 0.3) is 0 Å². The summed E-state index contributed by atoms with van der Waals surface area (Å²) in [5.41, 5.74) is 2.85. The topological polar surface area (TPSA) is 3.24 Å². The molecule has 0 saturated carbocycles. The fourth-order valence-corrected chi connectivity index (χ4v) is 0.493. The van der Waals surface area contributed by atoms with Crippen LogP contribution in [0, 0.1) is 0 Å². The molecule has 0 amide bonds. The second-order valence-corrected chi connectivity index (χ2v) is 1.65. The maximum atomic E-state index is 3.97. The van der Waals surface area contributed by atoms with Crippen LogP contribution in [-0.2, 0) is 0 Å². The molecule has 1 aliphatic heterocycles. The molecule has 0 spiro atoms. The number of nitrogens with zero attached hydrogens (tertiary/aromatic N) is 1. The molecular weight excluding hydrogens is 106 g/mol. The first-order valence-corrected chi connectivity index (χ1v) is 2.36. The van der Waals surface area contributed by atoms with E-state index in [0.29, 0.717) is 0 Å². The van der Waals surface area contributed by atoms with Crippen LogP contribution in [0.3, 0.4) is 0 Å². The minimum absolute atomic E-state index is 1.64. The van der Waals surface area contributed by atoms with Gasteiger partial charge in [-0.25, -0.2) is 0 Å². The lowest BCUT2D eigenvalue weighted by atomic mass is 10.5. The Hall–Kier alpha value is -0.590. The fourth-order valence-electron chi connectivity index (χ4n) is 0.349. The van der Waals surface area contributed by atoms with E-state index in [0.717, 1.165) is 0 Å². The summed E-state index contributed by atoms with van der Waals surface area (Å²) in [6, 6.07) is 0. The van der Waals surface area contributed by atoms with Crippen molar-refractivity contribution in [1.29, 1.82) is 0 Å². The number of hydrogen-bond acceptors (Lipinski definition) is 2. The van der Waals surface area contributed by atoms with Crippen LogP contribution < -0.4 is 0 Å². The highest BCUT2D eigenvalue weighted by atomic mass is 32.1. The molecule has 0 aromatic heterocycles. The van der Waals surface area contributed by atoms with Crippen molar-refractivity contribution in [2.75, 3.05) is 0 Å². The summed E-state index contributed by atoms with van der Waals surface area (Å²) in [4.78, 5) is 0. The van der Waals surface area contributed by atoms with Crippen LogP contribution in [0.5, 0.6) is 0 Å². The van der Waals surface area contributed by atoms with Crippen LogP contribution in [-0.4, -0.2) is 4.31 Å². The standard InChI is InChI=1S/C5H5NS/c7-6-4-2-1-3-5-6/h1-2,4-5,7H. The monoisotopic (exact) mass is 111 g/mol. The van der Waals surface area contributed by atoms with Crippen molar-refractivity contribution in [3.8, 4) is 0 Å². The molecule has 0 radical (unpaired) electrons. The molecule has 0 aliphatic carbocycles. The minimum atomic E-state index is 1.64. The van der Waals surface area contributed by atoms with Crippen LogP contribution in [0.2, 0.25) is 0 Å². The van der Waals surface area contributed by atoms with E-state index >= 15 is 0 Å². The van der Waals surface area contributed by atoms with Gasteiger partial charge in [0.25, 0.3) is 0 Å². The molecule has 0 aromatic rings. The molecule has 0 unspecified atom stereocenters. The van der Waals surface area contributed by atoms with Gasteiger partial charge < -0.3 is 0 Å². The lowest BCUT2D eigenvalue weighted by Crippen LogP contribution is -1.90. The zero-order valence-electron chi connectivity index (χ0n) is 3.70. The minimum Gasteiger partial charge on any atom is -0.294 e. The van der Waals surface area contributed by atoms with Gasteiger partial charge in [-0.2, -0.15) is 0 Å². The third-order valence-electron chi connectivity index (χ3n) is 0.638. The predicted octanol–water partition coefficient (Wildman–Crippen LogP) is 1.33. The Morgan fingerprint density at radius 2 is 2.43 bits per heavy atom. The Morgan fingerprint density at radius 3 is 2.71 bits per heavy atom. The first kappa shape index (κ1) is 4.57. The average molecular weight is 111 g/mol. The van der Waals surface area contributed by atoms with Crippen LogP contribution >= 0.6 is 12.8 Å². The number of rotatable bonds is 0. The highest BCUT2D eigenvalue weighted by Crippen LogP contribution is 1.97. The molecule has 0 aromatic carbocycles. The van der Waals surface area contributed by atoms with E-state index in [-0.39, 0.29) is 0 Å². The Bertz CT molecular complexity index is 142. The van der Waals surface area contributed by atoms with Gasteiger partial charge in [0.1, 0.15) is 0 Å². The average Bonchev–Trinajstić information content (AvgIpc) is 1.69. The maximum absolute atomic E-state index is 3.97. The molecule has 1 nitrogen and oxygen atoms in total. The molecule has 0 N–H and O–H groups in total. The van der Waals surface area contributed by atoms with Crippen molar-refractivity contribution in [2.45, 2.75) is 0 Å². The summed E-state index contributed by atoms with van der Waals surface area (Å²) >= 11 is 3.97. The van der Waals surface area contributed by atoms with Gasteiger partial charge in [-0.15, -0.1) is 5.73 Å². The number of hydrogen-bond donors (Lipinski definition) is 1. The van der Waals surface area contributed by atoms with Gasteiger partial charge in [-0.3, -0.25) is 4.31 Å². The molecule has 1 heterocycles. The number of allylic oxidation sites excluding steroid dienone is 2. The summed E-state index contributed by atoms with van der Waals surface area (Å²) in [5, 5.41) is 0.